The Morgan fingerprint density at radius 2 is 1.49 bits per heavy atom. The van der Waals surface area contributed by atoms with Gasteiger partial charge in [-0.1, -0.05) is 54.6 Å². The van der Waals surface area contributed by atoms with Gasteiger partial charge in [0.25, 0.3) is 11.8 Å². The molecule has 3 N–H and O–H groups in total. The largest absolute Gasteiger partial charge is 0.451 e. The van der Waals surface area contributed by atoms with E-state index in [-0.39, 0.29) is 23.6 Å². The number of amides is 3. The summed E-state index contributed by atoms with van der Waals surface area (Å²) in [4.78, 5) is 37.7. The first kappa shape index (κ1) is 22.7. The molecule has 1 aliphatic rings. The van der Waals surface area contributed by atoms with Crippen LogP contribution in [0.5, 0.6) is 0 Å². The predicted octanol–water partition coefficient (Wildman–Crippen LogP) is 4.58. The molecule has 0 spiro atoms. The normalized spacial score (nSPS) is 17.7. The van der Waals surface area contributed by atoms with Crippen LogP contribution in [0.4, 0.5) is 0 Å². The molecule has 178 valence electrons. The Kier molecular flexibility index (Phi) is 6.48. The molecule has 0 unspecified atom stereocenters. The maximum Gasteiger partial charge on any atom is 0.287 e. The molecule has 1 aromatic heterocycles. The van der Waals surface area contributed by atoms with Crippen LogP contribution in [0.15, 0.2) is 77.2 Å². The molecule has 1 fully saturated rings. The summed E-state index contributed by atoms with van der Waals surface area (Å²) < 4.78 is 5.62. The number of hydrogen-bond acceptors (Lipinski definition) is 4. The first-order chi connectivity index (χ1) is 17.1. The average molecular weight is 470 g/mol. The third-order valence-corrected chi connectivity index (χ3v) is 6.75. The van der Waals surface area contributed by atoms with Crippen molar-refractivity contribution in [2.75, 3.05) is 6.54 Å². The number of hydrazine groups is 1. The monoisotopic (exact) mass is 469 g/mol. The topological polar surface area (TPSA) is 100 Å². The molecule has 4 aromatic rings. The van der Waals surface area contributed by atoms with Gasteiger partial charge in [0.05, 0.1) is 0 Å². The van der Waals surface area contributed by atoms with Gasteiger partial charge in [-0.05, 0) is 60.6 Å². The molecule has 0 saturated heterocycles. The van der Waals surface area contributed by atoms with Crippen molar-refractivity contribution in [2.24, 2.45) is 11.8 Å². The zero-order chi connectivity index (χ0) is 24.2. The molecule has 0 atom stereocenters. The van der Waals surface area contributed by atoms with Gasteiger partial charge in [0, 0.05) is 23.4 Å². The molecule has 1 heterocycles. The summed E-state index contributed by atoms with van der Waals surface area (Å²) in [6, 6.07) is 22.4. The van der Waals surface area contributed by atoms with E-state index in [0.29, 0.717) is 42.2 Å². The van der Waals surface area contributed by atoms with E-state index in [1.165, 1.54) is 0 Å². The number of benzene rings is 3. The van der Waals surface area contributed by atoms with E-state index < -0.39 is 0 Å². The molecule has 3 amide bonds. The molecule has 0 bridgehead atoms. The Labute approximate surface area is 202 Å². The first-order valence-corrected chi connectivity index (χ1v) is 11.9. The molecular weight excluding hydrogens is 442 g/mol. The Balaban J connectivity index is 1.07. The average Bonchev–Trinajstić information content (AvgIpc) is 3.35. The number of furan rings is 1. The molecule has 3 aromatic carbocycles. The van der Waals surface area contributed by atoms with Gasteiger partial charge in [0.2, 0.25) is 5.91 Å². The van der Waals surface area contributed by atoms with Crippen LogP contribution in [-0.4, -0.2) is 24.3 Å². The van der Waals surface area contributed by atoms with Crippen molar-refractivity contribution >= 4 is 39.5 Å². The lowest BCUT2D eigenvalue weighted by molar-refractivity contribution is -0.127. The smallest absolute Gasteiger partial charge is 0.287 e. The summed E-state index contributed by atoms with van der Waals surface area (Å²) >= 11 is 0. The van der Waals surface area contributed by atoms with Crippen LogP contribution >= 0.6 is 0 Å². The summed E-state index contributed by atoms with van der Waals surface area (Å²) in [5.74, 6) is -0.290. The summed E-state index contributed by atoms with van der Waals surface area (Å²) in [6.07, 6.45) is 3.08. The minimum absolute atomic E-state index is 0.162. The van der Waals surface area contributed by atoms with E-state index in [4.69, 9.17) is 4.42 Å². The summed E-state index contributed by atoms with van der Waals surface area (Å²) in [6.45, 7) is 0.544. The Hall–Kier alpha value is -4.13. The van der Waals surface area contributed by atoms with Crippen molar-refractivity contribution in [3.8, 4) is 0 Å². The fraction of sp³-hybridized carbons (Fsp3) is 0.250. The van der Waals surface area contributed by atoms with Crippen LogP contribution < -0.4 is 16.2 Å². The minimum Gasteiger partial charge on any atom is -0.451 e. The van der Waals surface area contributed by atoms with E-state index >= 15 is 0 Å². The summed E-state index contributed by atoms with van der Waals surface area (Å²) in [5.41, 5.74) is 6.37. The van der Waals surface area contributed by atoms with Crippen molar-refractivity contribution in [1.29, 1.82) is 0 Å². The summed E-state index contributed by atoms with van der Waals surface area (Å²) in [7, 11) is 0. The minimum atomic E-state index is -0.336. The van der Waals surface area contributed by atoms with Gasteiger partial charge in [-0.25, -0.2) is 0 Å². The van der Waals surface area contributed by atoms with Gasteiger partial charge in [0.15, 0.2) is 5.76 Å². The van der Waals surface area contributed by atoms with Crippen LogP contribution in [0.3, 0.4) is 0 Å². The third kappa shape index (κ3) is 5.04. The second-order valence-corrected chi connectivity index (χ2v) is 9.05. The van der Waals surface area contributed by atoms with Gasteiger partial charge in [0.1, 0.15) is 5.58 Å². The predicted molar refractivity (Wildman–Crippen MR) is 134 cm³/mol. The van der Waals surface area contributed by atoms with Crippen LogP contribution in [0.1, 0.15) is 46.6 Å². The molecule has 1 saturated carbocycles. The maximum absolute atomic E-state index is 12.6. The van der Waals surface area contributed by atoms with Crippen molar-refractivity contribution in [3.05, 3.63) is 84.1 Å². The summed E-state index contributed by atoms with van der Waals surface area (Å²) in [5, 5.41) is 5.67. The Morgan fingerprint density at radius 3 is 2.29 bits per heavy atom. The lowest BCUT2D eigenvalue weighted by Crippen LogP contribution is -2.45. The lowest BCUT2D eigenvalue weighted by atomic mass is 9.81. The molecule has 0 radical (unpaired) electrons. The van der Waals surface area contributed by atoms with E-state index in [0.717, 1.165) is 29.0 Å². The molecule has 7 heteroatoms. The fourth-order valence-electron chi connectivity index (χ4n) is 4.76. The van der Waals surface area contributed by atoms with Gasteiger partial charge < -0.3 is 9.73 Å². The van der Waals surface area contributed by atoms with Crippen molar-refractivity contribution in [3.63, 3.8) is 0 Å². The Morgan fingerprint density at radius 1 is 0.771 bits per heavy atom. The SMILES string of the molecule is O=C(NCC1CCC(C(=O)NNC(=O)c2cccc3ccccc23)CC1)c1cc2ccccc2o1. The molecule has 35 heavy (non-hydrogen) atoms. The molecule has 1 aliphatic carbocycles. The second kappa shape index (κ2) is 10.0. The van der Waals surface area contributed by atoms with Crippen molar-refractivity contribution in [1.82, 2.24) is 16.2 Å². The highest BCUT2D eigenvalue weighted by Crippen LogP contribution is 2.28. The number of carbonyl (C=O) groups is 3. The van der Waals surface area contributed by atoms with Crippen LogP contribution in [-0.2, 0) is 4.79 Å². The molecule has 0 aliphatic heterocycles. The highest BCUT2D eigenvalue weighted by Gasteiger charge is 2.27. The quantitative estimate of drug-likeness (QED) is 0.372. The molecule has 7 nitrogen and oxygen atoms in total. The molecule has 5 rings (SSSR count). The standard InChI is InChI=1S/C28H27N3O4/c32-26(30-31-27(33)23-10-5-8-19-6-1-3-9-22(19)23)20-14-12-18(13-15-20)17-29-28(34)25-16-21-7-2-4-11-24(21)35-25/h1-11,16,18,20H,12-15,17H2,(H,29,34)(H,30,32)(H,31,33). The number of carbonyl (C=O) groups excluding carboxylic acids is 3. The van der Waals surface area contributed by atoms with Gasteiger partial charge >= 0.3 is 0 Å². The number of fused-ring (bicyclic) bond motifs is 2. The number of para-hydroxylation sites is 1. The third-order valence-electron chi connectivity index (χ3n) is 6.75. The number of nitrogens with one attached hydrogen (secondary N) is 3. The van der Waals surface area contributed by atoms with Crippen LogP contribution in [0.2, 0.25) is 0 Å². The van der Waals surface area contributed by atoms with Crippen LogP contribution in [0, 0.1) is 11.8 Å². The zero-order valence-corrected chi connectivity index (χ0v) is 19.3. The van der Waals surface area contributed by atoms with Gasteiger partial charge in [-0.3, -0.25) is 25.2 Å². The second-order valence-electron chi connectivity index (χ2n) is 9.05. The highest BCUT2D eigenvalue weighted by atomic mass is 16.3. The highest BCUT2D eigenvalue weighted by molar-refractivity contribution is 6.07. The van der Waals surface area contributed by atoms with E-state index in [1.54, 1.807) is 12.1 Å². The van der Waals surface area contributed by atoms with Gasteiger partial charge in [-0.15, -0.1) is 0 Å². The van der Waals surface area contributed by atoms with Crippen molar-refractivity contribution in [2.45, 2.75) is 25.7 Å². The zero-order valence-electron chi connectivity index (χ0n) is 19.3. The van der Waals surface area contributed by atoms with E-state index in [9.17, 15) is 14.4 Å². The van der Waals surface area contributed by atoms with E-state index in [2.05, 4.69) is 16.2 Å². The Bertz CT molecular complexity index is 1350. The molecular formula is C28H27N3O4. The van der Waals surface area contributed by atoms with Gasteiger partial charge in [-0.2, -0.15) is 0 Å². The fourth-order valence-corrected chi connectivity index (χ4v) is 4.76. The van der Waals surface area contributed by atoms with Crippen LogP contribution in [0.25, 0.3) is 21.7 Å². The number of rotatable bonds is 5. The maximum atomic E-state index is 12.6. The number of hydrogen-bond donors (Lipinski definition) is 3. The first-order valence-electron chi connectivity index (χ1n) is 11.9. The van der Waals surface area contributed by atoms with E-state index in [1.807, 2.05) is 60.7 Å². The lowest BCUT2D eigenvalue weighted by Gasteiger charge is -2.27. The van der Waals surface area contributed by atoms with Crippen molar-refractivity contribution < 1.29 is 18.8 Å².